The van der Waals surface area contributed by atoms with E-state index in [2.05, 4.69) is 0 Å². The average molecular weight is 224 g/mol. The zero-order chi connectivity index (χ0) is 11.8. The molecule has 0 aromatic heterocycles. The number of rotatable bonds is 2. The van der Waals surface area contributed by atoms with E-state index in [1.807, 2.05) is 6.92 Å². The lowest BCUT2D eigenvalue weighted by atomic mass is 9.59. The van der Waals surface area contributed by atoms with Crippen LogP contribution in [-0.2, 0) is 14.3 Å². The van der Waals surface area contributed by atoms with Crippen LogP contribution in [-0.4, -0.2) is 18.9 Å². The molecule has 3 nitrogen and oxygen atoms in total. The van der Waals surface area contributed by atoms with E-state index in [0.717, 1.165) is 32.1 Å². The summed E-state index contributed by atoms with van der Waals surface area (Å²) in [5, 5.41) is 0. The molecule has 2 aliphatic carbocycles. The minimum absolute atomic E-state index is 0.112. The number of hydrogen-bond acceptors (Lipinski definition) is 3. The van der Waals surface area contributed by atoms with Crippen LogP contribution < -0.4 is 0 Å². The number of hydrogen-bond donors (Lipinski definition) is 0. The maximum atomic E-state index is 11.9. The number of carbonyl (C=O) groups excluding carboxylic acids is 2. The van der Waals surface area contributed by atoms with Crippen LogP contribution in [0.25, 0.3) is 0 Å². The van der Waals surface area contributed by atoms with Gasteiger partial charge in [-0.2, -0.15) is 0 Å². The van der Waals surface area contributed by atoms with Crippen LogP contribution in [0.1, 0.15) is 45.4 Å². The molecule has 2 fully saturated rings. The monoisotopic (exact) mass is 224 g/mol. The number of ketones is 1. The summed E-state index contributed by atoms with van der Waals surface area (Å²) in [6, 6.07) is 0. The van der Waals surface area contributed by atoms with E-state index in [-0.39, 0.29) is 17.3 Å². The molecule has 3 unspecified atom stereocenters. The van der Waals surface area contributed by atoms with Crippen molar-refractivity contribution in [2.45, 2.75) is 45.4 Å². The van der Waals surface area contributed by atoms with Crippen molar-refractivity contribution in [1.29, 1.82) is 0 Å². The van der Waals surface area contributed by atoms with E-state index in [0.29, 0.717) is 18.1 Å². The second kappa shape index (κ2) is 4.19. The van der Waals surface area contributed by atoms with Crippen LogP contribution in [0, 0.1) is 17.3 Å². The van der Waals surface area contributed by atoms with Crippen LogP contribution >= 0.6 is 0 Å². The van der Waals surface area contributed by atoms with Crippen LogP contribution in [0.4, 0.5) is 0 Å². The molecule has 0 aromatic carbocycles. The van der Waals surface area contributed by atoms with Gasteiger partial charge in [0.2, 0.25) is 0 Å². The Hall–Kier alpha value is -0.860. The highest BCUT2D eigenvalue weighted by atomic mass is 16.5. The number of ether oxygens (including phenoxy) is 1. The molecule has 2 bridgehead atoms. The lowest BCUT2D eigenvalue weighted by Gasteiger charge is -2.44. The Kier molecular flexibility index (Phi) is 3.04. The van der Waals surface area contributed by atoms with Gasteiger partial charge in [-0.15, -0.1) is 0 Å². The van der Waals surface area contributed by atoms with Gasteiger partial charge < -0.3 is 4.74 Å². The molecule has 2 saturated carbocycles. The van der Waals surface area contributed by atoms with Crippen LogP contribution in [0.15, 0.2) is 0 Å². The minimum atomic E-state index is -0.377. The Morgan fingerprint density at radius 2 is 2.25 bits per heavy atom. The van der Waals surface area contributed by atoms with E-state index in [1.54, 1.807) is 0 Å². The van der Waals surface area contributed by atoms with Gasteiger partial charge in [0.05, 0.1) is 12.5 Å². The summed E-state index contributed by atoms with van der Waals surface area (Å²) in [4.78, 5) is 23.7. The normalized spacial score (nSPS) is 38.2. The maximum absolute atomic E-state index is 11.9. The molecule has 2 aliphatic rings. The second-order valence-corrected chi connectivity index (χ2v) is 5.34. The van der Waals surface area contributed by atoms with E-state index in [4.69, 9.17) is 4.74 Å². The molecule has 3 heteroatoms. The molecule has 0 radical (unpaired) electrons. The van der Waals surface area contributed by atoms with Crippen LogP contribution in [0.2, 0.25) is 0 Å². The van der Waals surface area contributed by atoms with Crippen molar-refractivity contribution in [2.24, 2.45) is 17.3 Å². The van der Waals surface area contributed by atoms with Crippen molar-refractivity contribution < 1.29 is 14.3 Å². The van der Waals surface area contributed by atoms with Crippen molar-refractivity contribution in [3.05, 3.63) is 0 Å². The summed E-state index contributed by atoms with van der Waals surface area (Å²) in [7, 11) is 1.45. The van der Waals surface area contributed by atoms with E-state index in [9.17, 15) is 9.59 Å². The van der Waals surface area contributed by atoms with Crippen LogP contribution in [0.3, 0.4) is 0 Å². The van der Waals surface area contributed by atoms with Gasteiger partial charge in [-0.3, -0.25) is 9.59 Å². The Balaban J connectivity index is 2.22. The molecule has 16 heavy (non-hydrogen) atoms. The zero-order valence-corrected chi connectivity index (χ0v) is 10.1. The van der Waals surface area contributed by atoms with Crippen molar-refractivity contribution in [2.75, 3.05) is 7.11 Å². The summed E-state index contributed by atoms with van der Waals surface area (Å²) < 4.78 is 4.93. The van der Waals surface area contributed by atoms with Gasteiger partial charge in [0.15, 0.2) is 0 Å². The van der Waals surface area contributed by atoms with Crippen molar-refractivity contribution in [1.82, 2.24) is 0 Å². The topological polar surface area (TPSA) is 43.4 Å². The van der Waals surface area contributed by atoms with Gasteiger partial charge in [0.1, 0.15) is 5.78 Å². The van der Waals surface area contributed by atoms with Gasteiger partial charge >= 0.3 is 5.97 Å². The third-order valence-corrected chi connectivity index (χ3v) is 4.48. The first-order chi connectivity index (χ1) is 7.61. The summed E-state index contributed by atoms with van der Waals surface area (Å²) in [5.74, 6) is 0.916. The molecule has 0 spiro atoms. The predicted octanol–water partition coefficient (Wildman–Crippen LogP) is 2.33. The van der Waals surface area contributed by atoms with Gasteiger partial charge in [0, 0.05) is 12.3 Å². The summed E-state index contributed by atoms with van der Waals surface area (Å²) >= 11 is 0. The first-order valence-electron chi connectivity index (χ1n) is 6.22. The average Bonchev–Trinajstić information content (AvgIpc) is 2.32. The van der Waals surface area contributed by atoms with Gasteiger partial charge in [-0.25, -0.2) is 0 Å². The molecule has 0 N–H and O–H groups in total. The van der Waals surface area contributed by atoms with E-state index >= 15 is 0 Å². The summed E-state index contributed by atoms with van der Waals surface area (Å²) in [6.45, 7) is 2.03. The Bertz CT molecular complexity index is 310. The zero-order valence-electron chi connectivity index (χ0n) is 10.1. The number of esters is 1. The number of methoxy groups -OCH3 is 1. The third kappa shape index (κ3) is 1.76. The van der Waals surface area contributed by atoms with Gasteiger partial charge in [-0.05, 0) is 38.0 Å². The highest BCUT2D eigenvalue weighted by molar-refractivity contribution is 5.84. The second-order valence-electron chi connectivity index (χ2n) is 5.34. The molecule has 0 saturated heterocycles. The highest BCUT2D eigenvalue weighted by Gasteiger charge is 2.48. The highest BCUT2D eigenvalue weighted by Crippen LogP contribution is 2.49. The molecule has 3 atom stereocenters. The standard InChI is InChI=1S/C13H20O3/c1-3-13(12(15)16-2)7-9-4-5-11(14)10(6-9)8-13/h9-10H,3-8H2,1-2H3. The minimum Gasteiger partial charge on any atom is -0.469 e. The largest absolute Gasteiger partial charge is 0.469 e. The smallest absolute Gasteiger partial charge is 0.311 e. The van der Waals surface area contributed by atoms with Gasteiger partial charge in [-0.1, -0.05) is 6.92 Å². The molecular formula is C13H20O3. The Morgan fingerprint density at radius 3 is 2.88 bits per heavy atom. The number of carbonyl (C=O) groups is 2. The summed E-state index contributed by atoms with van der Waals surface area (Å²) in [5.41, 5.74) is -0.377. The lowest BCUT2D eigenvalue weighted by molar-refractivity contribution is -0.159. The Labute approximate surface area is 96.5 Å². The third-order valence-electron chi connectivity index (χ3n) is 4.48. The van der Waals surface area contributed by atoms with Crippen LogP contribution in [0.5, 0.6) is 0 Å². The van der Waals surface area contributed by atoms with Crippen molar-refractivity contribution >= 4 is 11.8 Å². The molecule has 0 aromatic rings. The molecule has 0 amide bonds. The summed E-state index contributed by atoms with van der Waals surface area (Å²) in [6.07, 6.45) is 5.10. The Morgan fingerprint density at radius 1 is 1.50 bits per heavy atom. The number of fused-ring (bicyclic) bond motifs is 2. The van der Waals surface area contributed by atoms with Crippen molar-refractivity contribution in [3.63, 3.8) is 0 Å². The predicted molar refractivity (Wildman–Crippen MR) is 59.8 cm³/mol. The fourth-order valence-corrected chi connectivity index (χ4v) is 3.51. The number of Topliss-reactive ketones (excluding diaryl/α,β-unsaturated/α-hetero) is 1. The van der Waals surface area contributed by atoms with E-state index < -0.39 is 0 Å². The fraction of sp³-hybridized carbons (Fsp3) is 0.846. The van der Waals surface area contributed by atoms with Crippen molar-refractivity contribution in [3.8, 4) is 0 Å². The fourth-order valence-electron chi connectivity index (χ4n) is 3.51. The van der Waals surface area contributed by atoms with Gasteiger partial charge in [0.25, 0.3) is 0 Å². The first kappa shape index (κ1) is 11.6. The first-order valence-corrected chi connectivity index (χ1v) is 6.22. The molecular weight excluding hydrogens is 204 g/mol. The SMILES string of the molecule is CCC1(C(=O)OC)CC2CCC(=O)C(C2)C1. The molecule has 90 valence electrons. The molecule has 0 heterocycles. The lowest BCUT2D eigenvalue weighted by Crippen LogP contribution is -2.44. The molecule has 2 rings (SSSR count). The van der Waals surface area contributed by atoms with E-state index in [1.165, 1.54) is 7.11 Å². The quantitative estimate of drug-likeness (QED) is 0.676. The maximum Gasteiger partial charge on any atom is 0.311 e. The molecule has 0 aliphatic heterocycles.